The summed E-state index contributed by atoms with van der Waals surface area (Å²) in [5, 5.41) is 5.90. The highest BCUT2D eigenvalue weighted by molar-refractivity contribution is 6.30. The van der Waals surface area contributed by atoms with Gasteiger partial charge >= 0.3 is 6.03 Å². The van der Waals surface area contributed by atoms with E-state index in [9.17, 15) is 9.59 Å². The lowest BCUT2D eigenvalue weighted by Gasteiger charge is -2.22. The van der Waals surface area contributed by atoms with Gasteiger partial charge in [0.25, 0.3) is 0 Å². The topological polar surface area (TPSA) is 96.7 Å². The molecule has 0 radical (unpaired) electrons. The van der Waals surface area contributed by atoms with Gasteiger partial charge in [-0.3, -0.25) is 4.79 Å². The molecule has 0 bridgehead atoms. The number of rotatable bonds is 5. The van der Waals surface area contributed by atoms with Crippen LogP contribution in [-0.4, -0.2) is 44.2 Å². The average molecular weight is 341 g/mol. The number of nitrogens with two attached hydrogens (primary N) is 1. The van der Waals surface area contributed by atoms with E-state index in [0.717, 1.165) is 24.4 Å². The van der Waals surface area contributed by atoms with Crippen molar-refractivity contribution in [2.75, 3.05) is 25.1 Å². The molecule has 1 aromatic rings. The predicted octanol–water partition coefficient (Wildman–Crippen LogP) is 1.10. The Morgan fingerprint density at radius 2 is 2.22 bits per heavy atom. The van der Waals surface area contributed by atoms with Crippen molar-refractivity contribution in [1.82, 2.24) is 10.6 Å². The molecule has 1 fully saturated rings. The highest BCUT2D eigenvalue weighted by atomic mass is 35.5. The molecule has 0 aliphatic carbocycles. The molecule has 0 saturated carbocycles. The molecule has 1 aliphatic heterocycles. The Kier molecular flexibility index (Phi) is 5.54. The van der Waals surface area contributed by atoms with E-state index >= 15 is 0 Å². The van der Waals surface area contributed by atoms with Crippen molar-refractivity contribution in [2.45, 2.75) is 25.4 Å². The molecule has 0 aromatic heterocycles. The minimum Gasteiger partial charge on any atom is -0.495 e. The second kappa shape index (κ2) is 7.41. The molecule has 1 aromatic carbocycles. The van der Waals surface area contributed by atoms with Crippen molar-refractivity contribution < 1.29 is 14.3 Å². The zero-order valence-electron chi connectivity index (χ0n) is 13.1. The highest BCUT2D eigenvalue weighted by Crippen LogP contribution is 2.33. The lowest BCUT2D eigenvalue weighted by molar-refractivity contribution is -0.123. The average Bonchev–Trinajstić information content (AvgIpc) is 2.94. The first kappa shape index (κ1) is 17.2. The zero-order chi connectivity index (χ0) is 17.0. The summed E-state index contributed by atoms with van der Waals surface area (Å²) >= 11 is 6.06. The molecule has 23 heavy (non-hydrogen) atoms. The summed E-state index contributed by atoms with van der Waals surface area (Å²) in [4.78, 5) is 24.9. The predicted molar refractivity (Wildman–Crippen MR) is 88.9 cm³/mol. The van der Waals surface area contributed by atoms with Gasteiger partial charge in [-0.2, -0.15) is 0 Å². The summed E-state index contributed by atoms with van der Waals surface area (Å²) in [7, 11) is 1.61. The van der Waals surface area contributed by atoms with Crippen LogP contribution in [0.15, 0.2) is 18.2 Å². The monoisotopic (exact) mass is 340 g/mol. The minimum atomic E-state index is -0.718. The molecule has 4 N–H and O–H groups in total. The number of ether oxygens (including phenoxy) is 1. The molecule has 2 atom stereocenters. The largest absolute Gasteiger partial charge is 0.495 e. The third-order valence-corrected chi connectivity index (χ3v) is 4.00. The van der Waals surface area contributed by atoms with E-state index in [0.29, 0.717) is 11.6 Å². The quantitative estimate of drug-likeness (QED) is 0.747. The number of carbonyl (C=O) groups excluding carboxylic acids is 2. The number of primary amides is 1. The standard InChI is InChI=1S/C15H21ClN4O3/c1-9(18-15(17)22)14(21)19-11-5-6-20(8-11)12-7-10(16)3-4-13(12)23-2/h3-4,7,9,11H,5-6,8H2,1-2H3,(H,19,21)(H3,17,18,22)/t9-,11+/m1/s1. The number of urea groups is 1. The number of benzene rings is 1. The second-order valence-electron chi connectivity index (χ2n) is 5.49. The van der Waals surface area contributed by atoms with Crippen LogP contribution in [0, 0.1) is 0 Å². The molecule has 0 spiro atoms. The summed E-state index contributed by atoms with van der Waals surface area (Å²) in [5.41, 5.74) is 5.92. The summed E-state index contributed by atoms with van der Waals surface area (Å²) in [6, 6.07) is 4.05. The van der Waals surface area contributed by atoms with Crippen molar-refractivity contribution >= 4 is 29.2 Å². The van der Waals surface area contributed by atoms with Gasteiger partial charge in [0.2, 0.25) is 5.91 Å². The van der Waals surface area contributed by atoms with Gasteiger partial charge in [0.05, 0.1) is 12.8 Å². The fourth-order valence-electron chi connectivity index (χ4n) is 2.61. The molecule has 7 nitrogen and oxygen atoms in total. The normalized spacial score (nSPS) is 18.4. The molecule has 2 rings (SSSR count). The van der Waals surface area contributed by atoms with Crippen LogP contribution in [0.4, 0.5) is 10.5 Å². The third kappa shape index (κ3) is 4.41. The SMILES string of the molecule is COc1ccc(Cl)cc1N1CC[C@H](NC(=O)[C@@H](C)NC(N)=O)C1. The lowest BCUT2D eigenvalue weighted by atomic mass is 10.2. The molecule has 0 unspecified atom stereocenters. The molecular formula is C15H21ClN4O3. The van der Waals surface area contributed by atoms with Crippen LogP contribution < -0.4 is 26.0 Å². The summed E-state index contributed by atoms with van der Waals surface area (Å²) in [6.07, 6.45) is 0.796. The Hall–Kier alpha value is -2.15. The number of anilines is 1. The number of hydrogen-bond acceptors (Lipinski definition) is 4. The second-order valence-corrected chi connectivity index (χ2v) is 5.92. The van der Waals surface area contributed by atoms with Gasteiger partial charge in [-0.1, -0.05) is 11.6 Å². The zero-order valence-corrected chi connectivity index (χ0v) is 13.9. The van der Waals surface area contributed by atoms with Crippen LogP contribution in [0.25, 0.3) is 0 Å². The van der Waals surface area contributed by atoms with Crippen LogP contribution >= 0.6 is 11.6 Å². The first-order valence-corrected chi connectivity index (χ1v) is 7.73. The Morgan fingerprint density at radius 1 is 1.48 bits per heavy atom. The maximum atomic E-state index is 12.0. The molecule has 1 aliphatic rings. The Morgan fingerprint density at radius 3 is 2.87 bits per heavy atom. The smallest absolute Gasteiger partial charge is 0.312 e. The molecule has 8 heteroatoms. The fourth-order valence-corrected chi connectivity index (χ4v) is 2.78. The number of halogens is 1. The summed E-state index contributed by atoms with van der Waals surface area (Å²) in [6.45, 7) is 3.01. The van der Waals surface area contributed by atoms with Gasteiger partial charge in [0.15, 0.2) is 0 Å². The minimum absolute atomic E-state index is 0.0108. The van der Waals surface area contributed by atoms with Crippen molar-refractivity contribution in [3.05, 3.63) is 23.2 Å². The number of methoxy groups -OCH3 is 1. The van der Waals surface area contributed by atoms with E-state index in [2.05, 4.69) is 15.5 Å². The lowest BCUT2D eigenvalue weighted by Crippen LogP contribution is -2.50. The van der Waals surface area contributed by atoms with Crippen LogP contribution in [0.5, 0.6) is 5.75 Å². The van der Waals surface area contributed by atoms with Gasteiger partial charge in [-0.25, -0.2) is 4.79 Å². The number of amides is 3. The molecule has 1 saturated heterocycles. The van der Waals surface area contributed by atoms with Gasteiger partial charge in [-0.15, -0.1) is 0 Å². The van der Waals surface area contributed by atoms with Crippen molar-refractivity contribution in [2.24, 2.45) is 5.73 Å². The van der Waals surface area contributed by atoms with Gasteiger partial charge in [0.1, 0.15) is 11.8 Å². The Bertz CT molecular complexity index is 596. The molecular weight excluding hydrogens is 320 g/mol. The van der Waals surface area contributed by atoms with E-state index in [1.54, 1.807) is 20.1 Å². The van der Waals surface area contributed by atoms with Crippen molar-refractivity contribution in [3.63, 3.8) is 0 Å². The summed E-state index contributed by atoms with van der Waals surface area (Å²) in [5.74, 6) is 0.485. The van der Waals surface area contributed by atoms with Crippen LogP contribution in [0.1, 0.15) is 13.3 Å². The maximum absolute atomic E-state index is 12.0. The Labute approximate surface area is 140 Å². The fraction of sp³-hybridized carbons (Fsp3) is 0.467. The van der Waals surface area contributed by atoms with Gasteiger partial charge in [-0.05, 0) is 31.5 Å². The third-order valence-electron chi connectivity index (χ3n) is 3.77. The number of nitrogens with zero attached hydrogens (tertiary/aromatic N) is 1. The van der Waals surface area contributed by atoms with Crippen molar-refractivity contribution in [3.8, 4) is 5.75 Å². The molecule has 1 heterocycles. The van der Waals surface area contributed by atoms with Crippen molar-refractivity contribution in [1.29, 1.82) is 0 Å². The van der Waals surface area contributed by atoms with E-state index in [1.807, 2.05) is 12.1 Å². The Balaban J connectivity index is 1.97. The summed E-state index contributed by atoms with van der Waals surface area (Å²) < 4.78 is 5.36. The maximum Gasteiger partial charge on any atom is 0.312 e. The van der Waals surface area contributed by atoms with E-state index < -0.39 is 12.1 Å². The highest BCUT2D eigenvalue weighted by Gasteiger charge is 2.27. The van der Waals surface area contributed by atoms with Crippen LogP contribution in [0.3, 0.4) is 0 Å². The number of hydrogen-bond donors (Lipinski definition) is 3. The number of carbonyl (C=O) groups is 2. The van der Waals surface area contributed by atoms with Gasteiger partial charge in [0, 0.05) is 24.2 Å². The van der Waals surface area contributed by atoms with E-state index in [1.165, 1.54) is 0 Å². The first-order chi connectivity index (χ1) is 10.9. The van der Waals surface area contributed by atoms with E-state index in [4.69, 9.17) is 22.1 Å². The molecule has 126 valence electrons. The first-order valence-electron chi connectivity index (χ1n) is 7.35. The number of nitrogens with one attached hydrogen (secondary N) is 2. The van der Waals surface area contributed by atoms with Crippen LogP contribution in [0.2, 0.25) is 5.02 Å². The molecule has 3 amide bonds. The van der Waals surface area contributed by atoms with Gasteiger partial charge < -0.3 is 26.0 Å². The van der Waals surface area contributed by atoms with E-state index in [-0.39, 0.29) is 11.9 Å². The van der Waals surface area contributed by atoms with Crippen LogP contribution in [-0.2, 0) is 4.79 Å².